The normalized spacial score (nSPS) is 10.4. The molecule has 96 valence electrons. The zero-order valence-corrected chi connectivity index (χ0v) is 10.6. The number of hydrogen-bond acceptors (Lipinski definition) is 5. The van der Waals surface area contributed by atoms with Crippen LogP contribution >= 0.6 is 0 Å². The minimum Gasteiger partial charge on any atom is -0.493 e. The maximum absolute atomic E-state index is 9.31. The Hall–Kier alpha value is -2.01. The van der Waals surface area contributed by atoms with Gasteiger partial charge in [0.1, 0.15) is 0 Å². The molecule has 0 fully saturated rings. The average molecular weight is 249 g/mol. The molecule has 1 aromatic heterocycles. The van der Waals surface area contributed by atoms with Crippen molar-refractivity contribution in [3.05, 3.63) is 24.0 Å². The summed E-state index contributed by atoms with van der Waals surface area (Å²) < 4.78 is 16.0. The lowest BCUT2D eigenvalue weighted by molar-refractivity contribution is 0.278. The summed E-state index contributed by atoms with van der Waals surface area (Å²) in [5.74, 6) is 1.65. The van der Waals surface area contributed by atoms with Crippen molar-refractivity contribution in [2.75, 3.05) is 21.3 Å². The molecule has 0 spiro atoms. The van der Waals surface area contributed by atoms with E-state index in [-0.39, 0.29) is 6.61 Å². The second-order valence-electron chi connectivity index (χ2n) is 3.66. The van der Waals surface area contributed by atoms with Crippen LogP contribution in [-0.4, -0.2) is 31.4 Å². The van der Waals surface area contributed by atoms with E-state index >= 15 is 0 Å². The summed E-state index contributed by atoms with van der Waals surface area (Å²) in [4.78, 5) is 4.13. The van der Waals surface area contributed by atoms with Crippen molar-refractivity contribution in [1.29, 1.82) is 0 Å². The number of ether oxygens (including phenoxy) is 3. The van der Waals surface area contributed by atoms with Crippen molar-refractivity contribution < 1.29 is 19.3 Å². The molecule has 1 aromatic carbocycles. The van der Waals surface area contributed by atoms with E-state index in [2.05, 4.69) is 4.98 Å². The topological polar surface area (TPSA) is 60.8 Å². The predicted molar refractivity (Wildman–Crippen MR) is 67.3 cm³/mol. The number of aliphatic hydroxyl groups excluding tert-OH is 1. The molecule has 0 amide bonds. The summed E-state index contributed by atoms with van der Waals surface area (Å²) in [5, 5.41) is 10.9. The third-order valence-electron chi connectivity index (χ3n) is 2.80. The van der Waals surface area contributed by atoms with Gasteiger partial charge in [0, 0.05) is 17.0 Å². The molecular formula is C13H15NO4. The van der Waals surface area contributed by atoms with Crippen molar-refractivity contribution in [3.8, 4) is 17.2 Å². The molecule has 0 unspecified atom stereocenters. The lowest BCUT2D eigenvalue weighted by atomic mass is 10.1. The van der Waals surface area contributed by atoms with Gasteiger partial charge in [-0.1, -0.05) is 0 Å². The molecule has 2 rings (SSSR count). The Labute approximate surface area is 105 Å². The van der Waals surface area contributed by atoms with Crippen LogP contribution in [0.25, 0.3) is 10.8 Å². The molecule has 0 radical (unpaired) electrons. The first kappa shape index (κ1) is 12.4. The van der Waals surface area contributed by atoms with Gasteiger partial charge in [0.25, 0.3) is 0 Å². The molecule has 0 aliphatic rings. The maximum atomic E-state index is 9.31. The monoisotopic (exact) mass is 249 g/mol. The van der Waals surface area contributed by atoms with Gasteiger partial charge in [-0.2, -0.15) is 0 Å². The smallest absolute Gasteiger partial charge is 0.203 e. The fraction of sp³-hybridized carbons (Fsp3) is 0.308. The standard InChI is InChI=1S/C13H15NO4/c1-16-11-6-9-8(4-5-14-10(9)7-15)12(17-2)13(11)18-3/h4-6,15H,7H2,1-3H3. The van der Waals surface area contributed by atoms with E-state index in [9.17, 15) is 5.11 Å². The van der Waals surface area contributed by atoms with E-state index < -0.39 is 0 Å². The predicted octanol–water partition coefficient (Wildman–Crippen LogP) is 1.75. The van der Waals surface area contributed by atoms with Crippen LogP contribution in [0.3, 0.4) is 0 Å². The fourth-order valence-corrected chi connectivity index (χ4v) is 1.98. The summed E-state index contributed by atoms with van der Waals surface area (Å²) >= 11 is 0. The molecule has 0 saturated carbocycles. The summed E-state index contributed by atoms with van der Waals surface area (Å²) in [5.41, 5.74) is 0.576. The number of benzene rings is 1. The van der Waals surface area contributed by atoms with Crippen molar-refractivity contribution in [3.63, 3.8) is 0 Å². The summed E-state index contributed by atoms with van der Waals surface area (Å²) in [6.45, 7) is -0.143. The molecule has 1 N–H and O–H groups in total. The number of nitrogens with zero attached hydrogens (tertiary/aromatic N) is 1. The number of pyridine rings is 1. The molecular weight excluding hydrogens is 234 g/mol. The Bertz CT molecular complexity index is 568. The molecule has 0 atom stereocenters. The molecule has 5 nitrogen and oxygen atoms in total. The molecule has 2 aromatic rings. The quantitative estimate of drug-likeness (QED) is 0.894. The highest BCUT2D eigenvalue weighted by Gasteiger charge is 2.17. The van der Waals surface area contributed by atoms with Gasteiger partial charge < -0.3 is 19.3 Å². The first-order valence-electron chi connectivity index (χ1n) is 5.44. The lowest BCUT2D eigenvalue weighted by Crippen LogP contribution is -1.98. The zero-order valence-electron chi connectivity index (χ0n) is 10.6. The van der Waals surface area contributed by atoms with Crippen LogP contribution in [0.4, 0.5) is 0 Å². The Kier molecular flexibility index (Phi) is 3.53. The minimum atomic E-state index is -0.143. The number of aromatic nitrogens is 1. The fourth-order valence-electron chi connectivity index (χ4n) is 1.98. The Morgan fingerprint density at radius 1 is 1.06 bits per heavy atom. The highest BCUT2D eigenvalue weighted by molar-refractivity contribution is 5.94. The number of aliphatic hydroxyl groups is 1. The van der Waals surface area contributed by atoms with Gasteiger partial charge in [0.15, 0.2) is 11.5 Å². The Balaban J connectivity index is 2.87. The van der Waals surface area contributed by atoms with Gasteiger partial charge in [-0.3, -0.25) is 4.98 Å². The van der Waals surface area contributed by atoms with Crippen LogP contribution in [0.5, 0.6) is 17.2 Å². The lowest BCUT2D eigenvalue weighted by Gasteiger charge is -2.15. The van der Waals surface area contributed by atoms with Gasteiger partial charge in [0.05, 0.1) is 33.6 Å². The van der Waals surface area contributed by atoms with E-state index in [1.807, 2.05) is 6.07 Å². The van der Waals surface area contributed by atoms with E-state index in [0.717, 1.165) is 10.8 Å². The largest absolute Gasteiger partial charge is 0.493 e. The van der Waals surface area contributed by atoms with E-state index in [0.29, 0.717) is 22.9 Å². The number of hydrogen-bond donors (Lipinski definition) is 1. The summed E-state index contributed by atoms with van der Waals surface area (Å²) in [7, 11) is 4.67. The molecule has 0 aliphatic heterocycles. The van der Waals surface area contributed by atoms with Crippen molar-refractivity contribution in [1.82, 2.24) is 4.98 Å². The number of fused-ring (bicyclic) bond motifs is 1. The molecule has 1 heterocycles. The van der Waals surface area contributed by atoms with Gasteiger partial charge >= 0.3 is 0 Å². The van der Waals surface area contributed by atoms with Gasteiger partial charge in [-0.25, -0.2) is 0 Å². The Morgan fingerprint density at radius 3 is 2.33 bits per heavy atom. The number of rotatable bonds is 4. The molecule has 0 aliphatic carbocycles. The van der Waals surface area contributed by atoms with Crippen molar-refractivity contribution in [2.45, 2.75) is 6.61 Å². The summed E-state index contributed by atoms with van der Waals surface area (Å²) in [6, 6.07) is 3.60. The van der Waals surface area contributed by atoms with E-state index in [4.69, 9.17) is 14.2 Å². The maximum Gasteiger partial charge on any atom is 0.203 e. The summed E-state index contributed by atoms with van der Waals surface area (Å²) in [6.07, 6.45) is 1.63. The zero-order chi connectivity index (χ0) is 13.1. The van der Waals surface area contributed by atoms with Crippen LogP contribution in [0, 0.1) is 0 Å². The van der Waals surface area contributed by atoms with Crippen LogP contribution < -0.4 is 14.2 Å². The second-order valence-corrected chi connectivity index (χ2v) is 3.66. The first-order valence-corrected chi connectivity index (χ1v) is 5.44. The third kappa shape index (κ3) is 1.82. The first-order chi connectivity index (χ1) is 8.76. The molecule has 18 heavy (non-hydrogen) atoms. The van der Waals surface area contributed by atoms with Crippen molar-refractivity contribution in [2.24, 2.45) is 0 Å². The van der Waals surface area contributed by atoms with Crippen LogP contribution in [-0.2, 0) is 6.61 Å². The minimum absolute atomic E-state index is 0.143. The number of methoxy groups -OCH3 is 3. The van der Waals surface area contributed by atoms with Crippen LogP contribution in [0.2, 0.25) is 0 Å². The average Bonchev–Trinajstić information content (AvgIpc) is 2.44. The SMILES string of the molecule is COc1cc2c(CO)nccc2c(OC)c1OC. The van der Waals surface area contributed by atoms with E-state index in [1.54, 1.807) is 33.6 Å². The molecule has 0 bridgehead atoms. The highest BCUT2D eigenvalue weighted by Crippen LogP contribution is 2.43. The molecule has 5 heteroatoms. The second kappa shape index (κ2) is 5.10. The van der Waals surface area contributed by atoms with Crippen LogP contribution in [0.1, 0.15) is 5.69 Å². The highest BCUT2D eigenvalue weighted by atomic mass is 16.5. The van der Waals surface area contributed by atoms with Crippen LogP contribution in [0.15, 0.2) is 18.3 Å². The Morgan fingerprint density at radius 2 is 1.78 bits per heavy atom. The van der Waals surface area contributed by atoms with Gasteiger partial charge in [0.2, 0.25) is 5.75 Å². The van der Waals surface area contributed by atoms with E-state index in [1.165, 1.54) is 0 Å². The third-order valence-corrected chi connectivity index (χ3v) is 2.80. The van der Waals surface area contributed by atoms with Gasteiger partial charge in [-0.15, -0.1) is 0 Å². The molecule has 0 saturated heterocycles. The van der Waals surface area contributed by atoms with Crippen molar-refractivity contribution >= 4 is 10.8 Å². The van der Waals surface area contributed by atoms with Gasteiger partial charge in [-0.05, 0) is 12.1 Å².